The van der Waals surface area contributed by atoms with Gasteiger partial charge in [0, 0.05) is 36.9 Å². The number of hydrogen-bond donors (Lipinski definition) is 1. The van der Waals surface area contributed by atoms with Gasteiger partial charge >= 0.3 is 6.09 Å². The zero-order valence-electron chi connectivity index (χ0n) is 20.7. The van der Waals surface area contributed by atoms with Crippen LogP contribution in [-0.4, -0.2) is 48.8 Å². The molecule has 2 aliphatic rings. The van der Waals surface area contributed by atoms with Gasteiger partial charge < -0.3 is 19.6 Å². The zero-order chi connectivity index (χ0) is 25.8. The molecule has 194 valence electrons. The molecule has 2 fully saturated rings. The Morgan fingerprint density at radius 1 is 1.22 bits per heavy atom. The molecule has 0 radical (unpaired) electrons. The van der Waals surface area contributed by atoms with E-state index in [1.807, 2.05) is 24.3 Å². The average Bonchev–Trinajstić information content (AvgIpc) is 3.64. The number of ether oxygens (including phenoxy) is 2. The summed E-state index contributed by atoms with van der Waals surface area (Å²) in [6, 6.07) is 12.5. The second-order valence-electron chi connectivity index (χ2n) is 9.55. The summed E-state index contributed by atoms with van der Waals surface area (Å²) in [5, 5.41) is 6.32. The van der Waals surface area contributed by atoms with E-state index in [-0.39, 0.29) is 18.0 Å². The first-order chi connectivity index (χ1) is 17.9. The number of nitrogens with zero attached hydrogens (tertiary/aromatic N) is 2. The Labute approximate surface area is 219 Å². The molecular formula is C28H30FN3O4S. The Morgan fingerprint density at radius 2 is 2.05 bits per heavy atom. The maximum atomic E-state index is 15.1. The first-order valence-corrected chi connectivity index (χ1v) is 13.5. The first-order valence-electron chi connectivity index (χ1n) is 12.6. The molecule has 2 atom stereocenters. The molecule has 0 spiro atoms. The predicted molar refractivity (Wildman–Crippen MR) is 142 cm³/mol. The van der Waals surface area contributed by atoms with Gasteiger partial charge in [0.15, 0.2) is 5.13 Å². The van der Waals surface area contributed by atoms with Crippen LogP contribution in [0.15, 0.2) is 47.8 Å². The molecule has 9 heteroatoms. The Morgan fingerprint density at radius 3 is 2.78 bits per heavy atom. The number of halogens is 1. The van der Waals surface area contributed by atoms with Crippen LogP contribution in [0.25, 0.3) is 11.1 Å². The topological polar surface area (TPSA) is 80.8 Å². The molecule has 0 saturated carbocycles. The lowest BCUT2D eigenvalue weighted by Gasteiger charge is -2.14. The molecule has 1 aromatic heterocycles. The highest BCUT2D eigenvalue weighted by atomic mass is 32.1. The van der Waals surface area contributed by atoms with Crippen LogP contribution in [0.1, 0.15) is 43.9 Å². The van der Waals surface area contributed by atoms with Crippen LogP contribution in [-0.2, 0) is 20.7 Å². The molecule has 1 amide bonds. The summed E-state index contributed by atoms with van der Waals surface area (Å²) in [6.07, 6.45) is 3.12. The van der Waals surface area contributed by atoms with Crippen LogP contribution in [0.4, 0.5) is 20.0 Å². The van der Waals surface area contributed by atoms with Gasteiger partial charge in [-0.1, -0.05) is 24.3 Å². The van der Waals surface area contributed by atoms with Gasteiger partial charge in [-0.2, -0.15) is 0 Å². The minimum absolute atomic E-state index is 0.0503. The van der Waals surface area contributed by atoms with Crippen molar-refractivity contribution >= 4 is 34.0 Å². The predicted octanol–water partition coefficient (Wildman–Crippen LogP) is 5.83. The Kier molecular flexibility index (Phi) is 7.81. The van der Waals surface area contributed by atoms with Gasteiger partial charge in [-0.3, -0.25) is 4.90 Å². The van der Waals surface area contributed by atoms with E-state index in [4.69, 9.17) is 9.47 Å². The molecule has 37 heavy (non-hydrogen) atoms. The second kappa shape index (κ2) is 11.4. The number of hydrogen-bond acceptors (Lipinski definition) is 7. The second-order valence-corrected chi connectivity index (χ2v) is 10.4. The van der Waals surface area contributed by atoms with Crippen molar-refractivity contribution in [1.29, 1.82) is 0 Å². The van der Waals surface area contributed by atoms with E-state index >= 15 is 4.39 Å². The number of aromatic nitrogens is 1. The fourth-order valence-corrected chi connectivity index (χ4v) is 5.36. The van der Waals surface area contributed by atoms with Crippen LogP contribution in [0.2, 0.25) is 0 Å². The maximum absolute atomic E-state index is 15.1. The van der Waals surface area contributed by atoms with E-state index in [0.29, 0.717) is 37.1 Å². The monoisotopic (exact) mass is 523 g/mol. The number of rotatable bonds is 10. The summed E-state index contributed by atoms with van der Waals surface area (Å²) in [7, 11) is 0. The summed E-state index contributed by atoms with van der Waals surface area (Å²) in [4.78, 5) is 29.6. The molecule has 5 rings (SSSR count). The van der Waals surface area contributed by atoms with Crippen molar-refractivity contribution in [2.24, 2.45) is 0 Å². The molecule has 1 N–H and O–H groups in total. The normalized spacial score (nSPS) is 19.3. The van der Waals surface area contributed by atoms with E-state index in [2.05, 4.69) is 15.7 Å². The van der Waals surface area contributed by atoms with Gasteiger partial charge in [0.2, 0.25) is 0 Å². The highest BCUT2D eigenvalue weighted by Gasteiger charge is 2.32. The largest absolute Gasteiger partial charge is 0.444 e. The number of amides is 1. The van der Waals surface area contributed by atoms with Crippen molar-refractivity contribution in [2.75, 3.05) is 29.9 Å². The van der Waals surface area contributed by atoms with Crippen LogP contribution in [0.5, 0.6) is 0 Å². The van der Waals surface area contributed by atoms with Gasteiger partial charge in [0.05, 0.1) is 24.0 Å². The van der Waals surface area contributed by atoms with Gasteiger partial charge in [-0.15, -0.1) is 11.3 Å². The highest BCUT2D eigenvalue weighted by Crippen LogP contribution is 2.30. The molecule has 2 aliphatic heterocycles. The lowest BCUT2D eigenvalue weighted by molar-refractivity contribution is -0.117. The standard InChI is InChI=1S/C28H30FN3O4S/c1-18(33)4-10-24-16-32(28(34)36-24)22-9-11-25(26(29)14-22)20-7-5-19(6-8-20)13-21-17-37-27(31-21)30-15-23-3-2-12-35-23/h5-9,11,14,17,23-24H,2-4,10,12-13,15-16H2,1H3,(H,30,31)/t23?,24-/m0/s1. The highest BCUT2D eigenvalue weighted by molar-refractivity contribution is 7.13. The number of cyclic esters (lactones) is 1. The Balaban J connectivity index is 1.19. The number of anilines is 2. The molecular weight excluding hydrogens is 493 g/mol. The number of carbonyl (C=O) groups is 2. The SMILES string of the molecule is CC(=O)CC[C@H]1CN(c2ccc(-c3ccc(Cc4csc(NCC5CCCO5)n4)cc3)c(F)c2)C(=O)O1. The number of thiazole rings is 1. The number of ketones is 1. The molecule has 3 heterocycles. The van der Waals surface area contributed by atoms with E-state index in [1.54, 1.807) is 23.5 Å². The first kappa shape index (κ1) is 25.4. The summed E-state index contributed by atoms with van der Waals surface area (Å²) >= 11 is 1.59. The van der Waals surface area contributed by atoms with Crippen molar-refractivity contribution in [3.05, 3.63) is 64.9 Å². The van der Waals surface area contributed by atoms with Crippen molar-refractivity contribution in [2.45, 2.75) is 51.2 Å². The zero-order valence-corrected chi connectivity index (χ0v) is 21.6. The summed E-state index contributed by atoms with van der Waals surface area (Å²) in [5.41, 5.74) is 3.75. The minimum Gasteiger partial charge on any atom is -0.444 e. The molecule has 1 unspecified atom stereocenters. The van der Waals surface area contributed by atoms with E-state index in [0.717, 1.165) is 47.9 Å². The minimum atomic E-state index is -0.516. The summed E-state index contributed by atoms with van der Waals surface area (Å²) in [6.45, 7) is 3.44. The van der Waals surface area contributed by atoms with Crippen LogP contribution in [0.3, 0.4) is 0 Å². The average molecular weight is 524 g/mol. The van der Waals surface area contributed by atoms with Gasteiger partial charge in [0.1, 0.15) is 17.7 Å². The molecule has 2 aromatic carbocycles. The van der Waals surface area contributed by atoms with Crippen molar-refractivity contribution in [3.8, 4) is 11.1 Å². The number of Topliss-reactive ketones (excluding diaryl/α,β-unsaturated/α-hetero) is 1. The van der Waals surface area contributed by atoms with Crippen molar-refractivity contribution in [1.82, 2.24) is 4.98 Å². The third-order valence-electron chi connectivity index (χ3n) is 6.66. The lowest BCUT2D eigenvalue weighted by atomic mass is 10.0. The molecule has 2 saturated heterocycles. The Hall–Kier alpha value is -3.30. The van der Waals surface area contributed by atoms with Gasteiger partial charge in [0.25, 0.3) is 0 Å². The third kappa shape index (κ3) is 6.34. The molecule has 0 bridgehead atoms. The van der Waals surface area contributed by atoms with Crippen LogP contribution < -0.4 is 10.2 Å². The molecule has 7 nitrogen and oxygen atoms in total. The Bertz CT molecular complexity index is 1260. The van der Waals surface area contributed by atoms with E-state index in [9.17, 15) is 9.59 Å². The third-order valence-corrected chi connectivity index (χ3v) is 7.51. The van der Waals surface area contributed by atoms with Crippen molar-refractivity contribution in [3.63, 3.8) is 0 Å². The van der Waals surface area contributed by atoms with Crippen molar-refractivity contribution < 1.29 is 23.5 Å². The van der Waals surface area contributed by atoms with E-state index in [1.165, 1.54) is 17.9 Å². The van der Waals surface area contributed by atoms with Crippen LogP contribution >= 0.6 is 11.3 Å². The van der Waals surface area contributed by atoms with Crippen LogP contribution in [0, 0.1) is 5.82 Å². The molecule has 0 aliphatic carbocycles. The molecule has 3 aromatic rings. The lowest BCUT2D eigenvalue weighted by Crippen LogP contribution is -2.24. The quantitative estimate of drug-likeness (QED) is 0.360. The smallest absolute Gasteiger partial charge is 0.414 e. The number of benzene rings is 2. The number of nitrogens with one attached hydrogen (secondary N) is 1. The maximum Gasteiger partial charge on any atom is 0.414 e. The van der Waals surface area contributed by atoms with Gasteiger partial charge in [-0.25, -0.2) is 14.2 Å². The fourth-order valence-electron chi connectivity index (χ4n) is 4.64. The number of carbonyl (C=O) groups excluding carboxylic acids is 2. The van der Waals surface area contributed by atoms with E-state index < -0.39 is 11.9 Å². The fraction of sp³-hybridized carbons (Fsp3) is 0.393. The summed E-state index contributed by atoms with van der Waals surface area (Å²) in [5.74, 6) is -0.360. The summed E-state index contributed by atoms with van der Waals surface area (Å²) < 4.78 is 26.0. The van der Waals surface area contributed by atoms with Gasteiger partial charge in [-0.05, 0) is 55.5 Å².